The number of hydrogen-bond donors (Lipinski definition) is 1. The molecule has 1 aromatic carbocycles. The number of amides is 2. The molecule has 0 bridgehead atoms. The molecule has 1 fully saturated rings. The summed E-state index contributed by atoms with van der Waals surface area (Å²) in [5.74, 6) is -1.55. The van der Waals surface area contributed by atoms with Crippen LogP contribution in [0.5, 0.6) is 0 Å². The topological polar surface area (TPSA) is 114 Å². The molecular formula is C21H19NO7S. The summed E-state index contributed by atoms with van der Waals surface area (Å²) in [7, 11) is 0. The van der Waals surface area contributed by atoms with Crippen LogP contribution in [0.1, 0.15) is 35.5 Å². The van der Waals surface area contributed by atoms with Crippen molar-refractivity contribution in [3.05, 3.63) is 52.1 Å². The first-order chi connectivity index (χ1) is 14.2. The smallest absolute Gasteiger partial charge is 0.335 e. The van der Waals surface area contributed by atoms with E-state index in [1.165, 1.54) is 12.1 Å². The Morgan fingerprint density at radius 1 is 1.23 bits per heavy atom. The lowest BCUT2D eigenvalue weighted by Crippen LogP contribution is -2.35. The van der Waals surface area contributed by atoms with E-state index in [1.807, 2.05) is 0 Å². The molecule has 1 aliphatic rings. The van der Waals surface area contributed by atoms with Crippen LogP contribution in [0.2, 0.25) is 0 Å². The molecule has 2 aromatic rings. The van der Waals surface area contributed by atoms with Crippen LogP contribution in [-0.4, -0.2) is 45.7 Å². The van der Waals surface area contributed by atoms with Gasteiger partial charge in [-0.05, 0) is 56.3 Å². The number of ether oxygens (including phenoxy) is 1. The standard InChI is InChI=1S/C21H19NO7S/c1-11(2)28-18(23)10-22-19(24)17(30-21(22)27)9-13-7-8-16(29-13)14-5-4-6-15(12(14)3)20(25)26/h4-9,11H,10H2,1-3H3,(H,25,26)/b17-9+. The molecule has 1 saturated heterocycles. The Morgan fingerprint density at radius 3 is 2.63 bits per heavy atom. The van der Waals surface area contributed by atoms with E-state index in [0.717, 1.165) is 4.90 Å². The third kappa shape index (κ3) is 4.46. The summed E-state index contributed by atoms with van der Waals surface area (Å²) in [6, 6.07) is 8.13. The molecule has 0 aliphatic carbocycles. The van der Waals surface area contributed by atoms with Crippen LogP contribution in [0.3, 0.4) is 0 Å². The number of furan rings is 1. The van der Waals surface area contributed by atoms with Crippen molar-refractivity contribution in [3.63, 3.8) is 0 Å². The third-order valence-corrected chi connectivity index (χ3v) is 5.17. The first-order valence-corrected chi connectivity index (χ1v) is 9.87. The van der Waals surface area contributed by atoms with Crippen LogP contribution >= 0.6 is 11.8 Å². The number of imide groups is 1. The molecule has 3 rings (SSSR count). The van der Waals surface area contributed by atoms with Crippen molar-refractivity contribution in [2.45, 2.75) is 26.9 Å². The number of hydrogen-bond acceptors (Lipinski definition) is 7. The van der Waals surface area contributed by atoms with Gasteiger partial charge >= 0.3 is 11.9 Å². The zero-order chi connectivity index (χ0) is 22.0. The highest BCUT2D eigenvalue weighted by Crippen LogP contribution is 2.34. The van der Waals surface area contributed by atoms with Crippen molar-refractivity contribution in [3.8, 4) is 11.3 Å². The first kappa shape index (κ1) is 21.4. The molecule has 0 unspecified atom stereocenters. The number of carbonyl (C=O) groups is 4. The van der Waals surface area contributed by atoms with Gasteiger partial charge in [0.2, 0.25) is 0 Å². The maximum Gasteiger partial charge on any atom is 0.335 e. The largest absolute Gasteiger partial charge is 0.478 e. The van der Waals surface area contributed by atoms with Crippen LogP contribution < -0.4 is 0 Å². The normalized spacial score (nSPS) is 15.3. The summed E-state index contributed by atoms with van der Waals surface area (Å²) in [6.45, 7) is 4.58. The van der Waals surface area contributed by atoms with Crippen molar-refractivity contribution >= 4 is 40.9 Å². The number of carboxylic acids is 1. The van der Waals surface area contributed by atoms with E-state index < -0.39 is 29.6 Å². The van der Waals surface area contributed by atoms with Gasteiger partial charge in [0.25, 0.3) is 11.1 Å². The van der Waals surface area contributed by atoms with E-state index in [1.54, 1.807) is 45.0 Å². The van der Waals surface area contributed by atoms with Crippen LogP contribution in [0.25, 0.3) is 17.4 Å². The predicted octanol–water partition coefficient (Wildman–Crippen LogP) is 3.94. The van der Waals surface area contributed by atoms with Crippen molar-refractivity contribution in [1.82, 2.24) is 4.90 Å². The minimum Gasteiger partial charge on any atom is -0.478 e. The molecule has 0 radical (unpaired) electrons. The average molecular weight is 429 g/mol. The highest BCUT2D eigenvalue weighted by Gasteiger charge is 2.37. The van der Waals surface area contributed by atoms with Crippen LogP contribution in [0.15, 0.2) is 39.7 Å². The second-order valence-electron chi connectivity index (χ2n) is 6.79. The van der Waals surface area contributed by atoms with Gasteiger partial charge in [-0.25, -0.2) is 4.79 Å². The number of nitrogens with zero attached hydrogens (tertiary/aromatic N) is 1. The van der Waals surface area contributed by atoms with Gasteiger partial charge in [0.1, 0.15) is 18.1 Å². The molecule has 1 N–H and O–H groups in total. The number of carbonyl (C=O) groups excluding carboxylic acids is 3. The first-order valence-electron chi connectivity index (χ1n) is 9.05. The van der Waals surface area contributed by atoms with Gasteiger partial charge in [-0.3, -0.25) is 19.3 Å². The lowest BCUT2D eigenvalue weighted by Gasteiger charge is -2.13. The highest BCUT2D eigenvalue weighted by atomic mass is 32.2. The van der Waals surface area contributed by atoms with Crippen molar-refractivity contribution in [2.75, 3.05) is 6.54 Å². The predicted molar refractivity (Wildman–Crippen MR) is 110 cm³/mol. The maximum atomic E-state index is 12.5. The highest BCUT2D eigenvalue weighted by molar-refractivity contribution is 8.18. The Labute approximate surface area is 176 Å². The molecule has 0 atom stereocenters. The molecule has 30 heavy (non-hydrogen) atoms. The lowest BCUT2D eigenvalue weighted by molar-refractivity contribution is -0.149. The number of benzene rings is 1. The number of esters is 1. The minimum absolute atomic E-state index is 0.120. The quantitative estimate of drug-likeness (QED) is 0.542. The summed E-state index contributed by atoms with van der Waals surface area (Å²) in [5.41, 5.74) is 1.33. The Morgan fingerprint density at radius 2 is 1.97 bits per heavy atom. The summed E-state index contributed by atoms with van der Waals surface area (Å²) in [6.07, 6.45) is 1.07. The van der Waals surface area contributed by atoms with Gasteiger partial charge in [0, 0.05) is 11.6 Å². The Kier molecular flexibility index (Phi) is 6.12. The van der Waals surface area contributed by atoms with E-state index in [9.17, 15) is 24.3 Å². The van der Waals surface area contributed by atoms with Gasteiger partial charge in [0.05, 0.1) is 16.6 Å². The fraction of sp³-hybridized carbons (Fsp3) is 0.238. The van der Waals surface area contributed by atoms with Crippen molar-refractivity contribution < 1.29 is 33.4 Å². The summed E-state index contributed by atoms with van der Waals surface area (Å²) in [4.78, 5) is 48.6. The fourth-order valence-electron chi connectivity index (χ4n) is 2.90. The van der Waals surface area contributed by atoms with E-state index in [0.29, 0.717) is 34.4 Å². The van der Waals surface area contributed by atoms with E-state index >= 15 is 0 Å². The molecule has 2 heterocycles. The summed E-state index contributed by atoms with van der Waals surface area (Å²) >= 11 is 0.705. The average Bonchev–Trinajstić information content (AvgIpc) is 3.21. The minimum atomic E-state index is -1.04. The summed E-state index contributed by atoms with van der Waals surface area (Å²) in [5, 5.41) is 8.71. The lowest BCUT2D eigenvalue weighted by atomic mass is 10.0. The second-order valence-corrected chi connectivity index (χ2v) is 7.78. The number of thioether (sulfide) groups is 1. The fourth-order valence-corrected chi connectivity index (χ4v) is 3.72. The van der Waals surface area contributed by atoms with Gasteiger partial charge in [-0.1, -0.05) is 12.1 Å². The van der Waals surface area contributed by atoms with Gasteiger partial charge < -0.3 is 14.3 Å². The van der Waals surface area contributed by atoms with Gasteiger partial charge in [0.15, 0.2) is 0 Å². The molecule has 1 aliphatic heterocycles. The molecule has 0 spiro atoms. The molecule has 9 heteroatoms. The molecule has 1 aromatic heterocycles. The SMILES string of the molecule is Cc1c(C(=O)O)cccc1-c1ccc(/C=C2/SC(=O)N(CC(=O)OC(C)C)C2=O)o1. The van der Waals surface area contributed by atoms with E-state index in [4.69, 9.17) is 9.15 Å². The third-order valence-electron chi connectivity index (χ3n) is 4.26. The summed E-state index contributed by atoms with van der Waals surface area (Å²) < 4.78 is 10.7. The number of aromatic carboxylic acids is 1. The number of rotatable bonds is 6. The van der Waals surface area contributed by atoms with Crippen LogP contribution in [-0.2, 0) is 14.3 Å². The molecule has 8 nitrogen and oxygen atoms in total. The number of carboxylic acid groups (broad SMARTS) is 1. The molecule has 156 valence electrons. The molecule has 0 saturated carbocycles. The zero-order valence-electron chi connectivity index (χ0n) is 16.5. The van der Waals surface area contributed by atoms with Gasteiger partial charge in [-0.2, -0.15) is 0 Å². The molecule has 2 amide bonds. The second kappa shape index (κ2) is 8.58. The maximum absolute atomic E-state index is 12.5. The Bertz CT molecular complexity index is 1070. The van der Waals surface area contributed by atoms with Crippen molar-refractivity contribution in [1.29, 1.82) is 0 Å². The van der Waals surface area contributed by atoms with Gasteiger partial charge in [-0.15, -0.1) is 0 Å². The van der Waals surface area contributed by atoms with Crippen LogP contribution in [0.4, 0.5) is 4.79 Å². The van der Waals surface area contributed by atoms with E-state index in [-0.39, 0.29) is 16.6 Å². The Hall–Kier alpha value is -3.33. The molecular weight excluding hydrogens is 410 g/mol. The monoisotopic (exact) mass is 429 g/mol. The zero-order valence-corrected chi connectivity index (χ0v) is 17.3. The van der Waals surface area contributed by atoms with E-state index in [2.05, 4.69) is 0 Å². The van der Waals surface area contributed by atoms with Crippen molar-refractivity contribution in [2.24, 2.45) is 0 Å². The van der Waals surface area contributed by atoms with Crippen LogP contribution in [0, 0.1) is 6.92 Å². The Balaban J connectivity index is 1.81.